The van der Waals surface area contributed by atoms with Gasteiger partial charge in [-0.05, 0) is 36.5 Å². The highest BCUT2D eigenvalue weighted by atomic mass is 32.1. The van der Waals surface area contributed by atoms with Gasteiger partial charge in [-0.3, -0.25) is 5.32 Å². The van der Waals surface area contributed by atoms with Gasteiger partial charge in [0.2, 0.25) is 17.0 Å². The smallest absolute Gasteiger partial charge is 0.208 e. The first-order valence-corrected chi connectivity index (χ1v) is 7.56. The normalized spacial score (nSPS) is 11.3. The minimum absolute atomic E-state index is 0.126. The van der Waals surface area contributed by atoms with Gasteiger partial charge in [-0.1, -0.05) is 24.3 Å². The third kappa shape index (κ3) is 3.61. The molecule has 0 fully saturated rings. The lowest BCUT2D eigenvalue weighted by molar-refractivity contribution is 0.417. The molecule has 3 aromatic rings. The van der Waals surface area contributed by atoms with Crippen LogP contribution < -0.4 is 21.1 Å². The fourth-order valence-corrected chi connectivity index (χ4v) is 2.37. The maximum atomic E-state index is 5.87. The number of aromatic amines is 1. The van der Waals surface area contributed by atoms with Crippen molar-refractivity contribution in [3.63, 3.8) is 0 Å². The number of fused-ring (bicyclic) bond motifs is 1. The second-order valence-corrected chi connectivity index (χ2v) is 5.24. The average Bonchev–Trinajstić information content (AvgIpc) is 2.97. The zero-order valence-corrected chi connectivity index (χ0v) is 13.7. The Labute approximate surface area is 144 Å². The predicted molar refractivity (Wildman–Crippen MR) is 101 cm³/mol. The van der Waals surface area contributed by atoms with E-state index in [1.807, 2.05) is 48.5 Å². The van der Waals surface area contributed by atoms with Gasteiger partial charge in [0.1, 0.15) is 5.75 Å². The fourth-order valence-electron chi connectivity index (χ4n) is 2.16. The first kappa shape index (κ1) is 15.8. The van der Waals surface area contributed by atoms with Crippen LogP contribution >= 0.6 is 12.2 Å². The first-order valence-electron chi connectivity index (χ1n) is 7.15. The Morgan fingerprint density at radius 1 is 1.17 bits per heavy atom. The van der Waals surface area contributed by atoms with Crippen molar-refractivity contribution in [2.24, 2.45) is 10.7 Å². The number of para-hydroxylation sites is 4. The third-order valence-electron chi connectivity index (χ3n) is 3.21. The molecule has 1 aromatic heterocycles. The number of guanidine groups is 1. The SMILES string of the molecule is COc1ccccc1NC(=S)/N=C(/N)Nc1nc2ccccc2[nH]1. The predicted octanol–water partition coefficient (Wildman–Crippen LogP) is 2.70. The Bertz CT molecular complexity index is 871. The number of nitrogens with one attached hydrogen (secondary N) is 3. The summed E-state index contributed by atoms with van der Waals surface area (Å²) >= 11 is 5.20. The molecule has 122 valence electrons. The number of thiocarbonyl (C=S) groups is 1. The van der Waals surface area contributed by atoms with Gasteiger partial charge in [0, 0.05) is 0 Å². The number of nitrogens with zero attached hydrogens (tertiary/aromatic N) is 2. The van der Waals surface area contributed by atoms with Crippen LogP contribution in [0.1, 0.15) is 0 Å². The lowest BCUT2D eigenvalue weighted by Gasteiger charge is -2.09. The minimum atomic E-state index is 0.126. The summed E-state index contributed by atoms with van der Waals surface area (Å²) in [6.07, 6.45) is 0. The second kappa shape index (κ2) is 6.97. The number of hydrogen-bond acceptors (Lipinski definition) is 3. The van der Waals surface area contributed by atoms with Gasteiger partial charge in [0.25, 0.3) is 0 Å². The fraction of sp³-hybridized carbons (Fsp3) is 0.0625. The van der Waals surface area contributed by atoms with Crippen molar-refractivity contribution in [2.75, 3.05) is 17.7 Å². The number of ether oxygens (including phenoxy) is 1. The topological polar surface area (TPSA) is 100 Å². The van der Waals surface area contributed by atoms with Crippen molar-refractivity contribution in [2.45, 2.75) is 0 Å². The van der Waals surface area contributed by atoms with Gasteiger partial charge in [0.05, 0.1) is 23.8 Å². The second-order valence-electron chi connectivity index (χ2n) is 4.86. The molecule has 0 aliphatic heterocycles. The van der Waals surface area contributed by atoms with Crippen LogP contribution in [0.25, 0.3) is 11.0 Å². The number of aromatic nitrogens is 2. The maximum absolute atomic E-state index is 5.87. The molecule has 0 spiro atoms. The molecule has 7 nitrogen and oxygen atoms in total. The summed E-state index contributed by atoms with van der Waals surface area (Å²) in [4.78, 5) is 11.6. The molecule has 2 aromatic carbocycles. The van der Waals surface area contributed by atoms with Crippen LogP contribution in [-0.2, 0) is 0 Å². The lowest BCUT2D eigenvalue weighted by Crippen LogP contribution is -2.25. The van der Waals surface area contributed by atoms with Crippen molar-refractivity contribution < 1.29 is 4.74 Å². The molecule has 0 saturated heterocycles. The Balaban J connectivity index is 1.69. The van der Waals surface area contributed by atoms with Gasteiger partial charge in [-0.2, -0.15) is 4.99 Å². The zero-order valence-electron chi connectivity index (χ0n) is 12.9. The molecule has 0 saturated carbocycles. The molecule has 5 N–H and O–H groups in total. The Kier molecular flexibility index (Phi) is 4.57. The number of nitrogens with two attached hydrogens (primary N) is 1. The van der Waals surface area contributed by atoms with Gasteiger partial charge in [0.15, 0.2) is 0 Å². The standard InChI is InChI=1S/C16H16N6OS/c1-23-13-9-5-4-8-12(13)20-16(24)22-14(17)21-15-18-10-6-2-3-7-11(10)19-15/h2-9H,1H3,(H5,17,18,19,20,21,22,24). The summed E-state index contributed by atoms with van der Waals surface area (Å²) in [5, 5.41) is 6.06. The number of rotatable bonds is 3. The lowest BCUT2D eigenvalue weighted by atomic mass is 10.3. The molecule has 8 heteroatoms. The van der Waals surface area contributed by atoms with E-state index in [0.717, 1.165) is 11.0 Å². The highest BCUT2D eigenvalue weighted by Gasteiger charge is 2.06. The van der Waals surface area contributed by atoms with Crippen molar-refractivity contribution in [1.82, 2.24) is 9.97 Å². The van der Waals surface area contributed by atoms with Crippen LogP contribution in [0.4, 0.5) is 11.6 Å². The van der Waals surface area contributed by atoms with E-state index < -0.39 is 0 Å². The number of imidazole rings is 1. The Hall–Kier alpha value is -3.13. The van der Waals surface area contributed by atoms with Crippen molar-refractivity contribution in [3.05, 3.63) is 48.5 Å². The van der Waals surface area contributed by atoms with E-state index in [1.54, 1.807) is 7.11 Å². The molecule has 0 radical (unpaired) electrons. The van der Waals surface area contributed by atoms with E-state index in [-0.39, 0.29) is 11.1 Å². The van der Waals surface area contributed by atoms with E-state index in [4.69, 9.17) is 22.7 Å². The minimum Gasteiger partial charge on any atom is -0.495 e. The molecular weight excluding hydrogens is 324 g/mol. The zero-order chi connectivity index (χ0) is 16.9. The molecule has 0 atom stereocenters. The van der Waals surface area contributed by atoms with E-state index in [2.05, 4.69) is 25.6 Å². The van der Waals surface area contributed by atoms with E-state index in [0.29, 0.717) is 17.4 Å². The molecule has 1 heterocycles. The largest absolute Gasteiger partial charge is 0.495 e. The van der Waals surface area contributed by atoms with Crippen LogP contribution in [0.15, 0.2) is 53.5 Å². The number of H-pyrrole nitrogens is 1. The summed E-state index contributed by atoms with van der Waals surface area (Å²) in [6.45, 7) is 0. The first-order chi connectivity index (χ1) is 11.7. The monoisotopic (exact) mass is 340 g/mol. The summed E-state index contributed by atoms with van der Waals surface area (Å²) in [6, 6.07) is 15.1. The van der Waals surface area contributed by atoms with Crippen LogP contribution in [0.5, 0.6) is 5.75 Å². The number of methoxy groups -OCH3 is 1. The van der Waals surface area contributed by atoms with E-state index in [1.165, 1.54) is 0 Å². The van der Waals surface area contributed by atoms with Crippen molar-refractivity contribution >= 4 is 46.0 Å². The summed E-state index contributed by atoms with van der Waals surface area (Å²) in [5.41, 5.74) is 8.33. The van der Waals surface area contributed by atoms with Gasteiger partial charge < -0.3 is 20.8 Å². The molecule has 0 aliphatic rings. The molecular formula is C16H16N6OS. The summed E-state index contributed by atoms with van der Waals surface area (Å²) < 4.78 is 5.25. The van der Waals surface area contributed by atoms with Crippen LogP contribution in [0.2, 0.25) is 0 Å². The highest BCUT2D eigenvalue weighted by molar-refractivity contribution is 7.80. The van der Waals surface area contributed by atoms with Crippen molar-refractivity contribution in [1.29, 1.82) is 0 Å². The number of benzene rings is 2. The number of aliphatic imine (C=N–C) groups is 1. The Morgan fingerprint density at radius 2 is 1.92 bits per heavy atom. The van der Waals surface area contributed by atoms with E-state index >= 15 is 0 Å². The van der Waals surface area contributed by atoms with Gasteiger partial charge >= 0.3 is 0 Å². The molecule has 0 unspecified atom stereocenters. The summed E-state index contributed by atoms with van der Waals surface area (Å²) in [7, 11) is 1.59. The average molecular weight is 340 g/mol. The molecule has 0 bridgehead atoms. The molecule has 0 amide bonds. The van der Waals surface area contributed by atoms with Crippen LogP contribution in [-0.4, -0.2) is 28.1 Å². The van der Waals surface area contributed by atoms with Gasteiger partial charge in [-0.25, -0.2) is 4.98 Å². The van der Waals surface area contributed by atoms with E-state index in [9.17, 15) is 0 Å². The Morgan fingerprint density at radius 3 is 2.71 bits per heavy atom. The quantitative estimate of drug-likeness (QED) is 0.332. The van der Waals surface area contributed by atoms with Gasteiger partial charge in [-0.15, -0.1) is 0 Å². The van der Waals surface area contributed by atoms with Crippen LogP contribution in [0, 0.1) is 0 Å². The maximum Gasteiger partial charge on any atom is 0.208 e. The molecule has 3 rings (SSSR count). The summed E-state index contributed by atoms with van der Waals surface area (Å²) in [5.74, 6) is 1.29. The molecule has 24 heavy (non-hydrogen) atoms. The number of anilines is 2. The van der Waals surface area contributed by atoms with Crippen LogP contribution in [0.3, 0.4) is 0 Å². The third-order valence-corrected chi connectivity index (χ3v) is 3.40. The highest BCUT2D eigenvalue weighted by Crippen LogP contribution is 2.23. The van der Waals surface area contributed by atoms with Crippen molar-refractivity contribution in [3.8, 4) is 5.75 Å². The number of hydrogen-bond donors (Lipinski definition) is 4. The molecule has 0 aliphatic carbocycles.